The molecule has 0 aliphatic heterocycles. The Balaban J connectivity index is 1.64. The summed E-state index contributed by atoms with van der Waals surface area (Å²) in [6, 6.07) is 17.3. The molecule has 0 aliphatic carbocycles. The van der Waals surface area contributed by atoms with Gasteiger partial charge in [0.25, 0.3) is 5.89 Å². The minimum absolute atomic E-state index is 0.0592. The van der Waals surface area contributed by atoms with Crippen LogP contribution >= 0.6 is 0 Å². The highest BCUT2D eigenvalue weighted by atomic mass is 19.1. The van der Waals surface area contributed by atoms with Gasteiger partial charge in [0.05, 0.1) is 18.0 Å². The van der Waals surface area contributed by atoms with Crippen molar-refractivity contribution in [2.75, 3.05) is 25.3 Å². The summed E-state index contributed by atoms with van der Waals surface area (Å²) in [5.41, 5.74) is 9.46. The van der Waals surface area contributed by atoms with E-state index >= 15 is 0 Å². The third-order valence-electron chi connectivity index (χ3n) is 5.24. The Morgan fingerprint density at radius 2 is 1.83 bits per heavy atom. The number of halogens is 1. The van der Waals surface area contributed by atoms with Crippen molar-refractivity contribution in [1.82, 2.24) is 20.4 Å². The normalized spacial score (nSPS) is 11.9. The lowest BCUT2D eigenvalue weighted by Crippen LogP contribution is -2.32. The van der Waals surface area contributed by atoms with Crippen LogP contribution in [0.4, 0.5) is 10.1 Å². The molecule has 4 rings (SSSR count). The van der Waals surface area contributed by atoms with Crippen molar-refractivity contribution in [3.8, 4) is 11.4 Å². The van der Waals surface area contributed by atoms with Crippen LogP contribution in [0.5, 0.6) is 0 Å². The Labute approximate surface area is 202 Å². The minimum atomic E-state index is -0.502. The fourth-order valence-corrected chi connectivity index (χ4v) is 3.43. The van der Waals surface area contributed by atoms with Gasteiger partial charge in [0.1, 0.15) is 11.5 Å². The molecule has 0 unspecified atom stereocenters. The molecule has 0 radical (unpaired) electrons. The quantitative estimate of drug-likeness (QED) is 0.180. The highest BCUT2D eigenvalue weighted by Crippen LogP contribution is 2.30. The molecule has 0 aliphatic rings. The monoisotopic (exact) mass is 475 g/mol. The predicted molar refractivity (Wildman–Crippen MR) is 132 cm³/mol. The summed E-state index contributed by atoms with van der Waals surface area (Å²) >= 11 is 0. The average molecular weight is 476 g/mol. The van der Waals surface area contributed by atoms with E-state index in [0.717, 1.165) is 22.7 Å². The number of hydrogen-bond acceptors (Lipinski definition) is 9. The molecular weight excluding hydrogens is 449 g/mol. The van der Waals surface area contributed by atoms with Gasteiger partial charge in [-0.1, -0.05) is 41.6 Å². The lowest BCUT2D eigenvalue weighted by molar-refractivity contribution is 0.199. The number of hydrazine groups is 1. The second-order valence-corrected chi connectivity index (χ2v) is 7.61. The number of aromatic nitrogens is 3. The summed E-state index contributed by atoms with van der Waals surface area (Å²) in [6.45, 7) is 2.13. The van der Waals surface area contributed by atoms with Crippen LogP contribution in [0, 0.1) is 5.82 Å². The lowest BCUT2D eigenvalue weighted by Gasteiger charge is -2.23. The van der Waals surface area contributed by atoms with E-state index in [4.69, 9.17) is 20.8 Å². The number of nitrogens with one attached hydrogen (secondary N) is 1. The molecule has 5 N–H and O–H groups in total. The first-order chi connectivity index (χ1) is 17.1. The zero-order chi connectivity index (χ0) is 24.6. The summed E-state index contributed by atoms with van der Waals surface area (Å²) in [5.74, 6) is 6.26. The lowest BCUT2D eigenvalue weighted by atomic mass is 10.1. The van der Waals surface area contributed by atoms with Gasteiger partial charge in [-0.15, -0.1) is 0 Å². The molecule has 0 saturated heterocycles. The van der Waals surface area contributed by atoms with Gasteiger partial charge in [-0.2, -0.15) is 4.98 Å². The molecule has 2 aromatic carbocycles. The van der Waals surface area contributed by atoms with Crippen molar-refractivity contribution in [1.29, 1.82) is 0 Å². The molecule has 0 amide bonds. The van der Waals surface area contributed by atoms with Gasteiger partial charge in [-0.25, -0.2) is 10.2 Å². The van der Waals surface area contributed by atoms with Gasteiger partial charge >= 0.3 is 0 Å². The van der Waals surface area contributed by atoms with E-state index in [1.54, 1.807) is 49.8 Å². The van der Waals surface area contributed by atoms with E-state index in [-0.39, 0.29) is 17.3 Å². The molecular formula is C25H26FN7O2. The third-order valence-corrected chi connectivity index (χ3v) is 5.24. The number of methoxy groups -OCH3 is 1. The first-order valence-electron chi connectivity index (χ1n) is 10.9. The number of ether oxygens (including phenoxy) is 1. The molecule has 0 atom stereocenters. The summed E-state index contributed by atoms with van der Waals surface area (Å²) in [5, 5.41) is 8.53. The van der Waals surface area contributed by atoms with Crippen molar-refractivity contribution in [2.45, 2.75) is 6.54 Å². The molecule has 2 aromatic heterocycles. The zero-order valence-electron chi connectivity index (χ0n) is 19.2. The highest BCUT2D eigenvalue weighted by Gasteiger charge is 2.22. The van der Waals surface area contributed by atoms with Crippen LogP contribution in [0.2, 0.25) is 0 Å². The van der Waals surface area contributed by atoms with Crippen molar-refractivity contribution >= 4 is 17.1 Å². The number of hydrogen-bond donors (Lipinski definition) is 3. The topological polar surface area (TPSA) is 128 Å². The third kappa shape index (κ3) is 5.69. The molecule has 9 nitrogen and oxygen atoms in total. The summed E-state index contributed by atoms with van der Waals surface area (Å²) in [6.07, 6.45) is 3.17. The van der Waals surface area contributed by atoms with Crippen LogP contribution in [0.1, 0.15) is 17.0 Å². The Hall–Kier alpha value is -4.12. The Morgan fingerprint density at radius 1 is 1.09 bits per heavy atom. The van der Waals surface area contributed by atoms with E-state index in [9.17, 15) is 4.39 Å². The first-order valence-corrected chi connectivity index (χ1v) is 10.9. The maximum atomic E-state index is 14.5. The number of anilines is 1. The van der Waals surface area contributed by atoms with Crippen molar-refractivity contribution in [2.24, 2.45) is 11.6 Å². The van der Waals surface area contributed by atoms with E-state index in [0.29, 0.717) is 30.2 Å². The van der Waals surface area contributed by atoms with Crippen molar-refractivity contribution in [3.63, 3.8) is 0 Å². The molecule has 0 bridgehead atoms. The van der Waals surface area contributed by atoms with Gasteiger partial charge in [-0.05, 0) is 29.8 Å². The Kier molecular flexibility index (Phi) is 7.78. The highest BCUT2D eigenvalue weighted by molar-refractivity contribution is 5.93. The fourth-order valence-electron chi connectivity index (χ4n) is 3.43. The molecule has 180 valence electrons. The van der Waals surface area contributed by atoms with Crippen LogP contribution in [-0.2, 0) is 11.3 Å². The minimum Gasteiger partial charge on any atom is -0.392 e. The smallest absolute Gasteiger partial charge is 0.276 e. The first kappa shape index (κ1) is 24.0. The predicted octanol–water partition coefficient (Wildman–Crippen LogP) is 3.17. The largest absolute Gasteiger partial charge is 0.392 e. The number of nitrogens with two attached hydrogens (primary N) is 2. The van der Waals surface area contributed by atoms with Crippen molar-refractivity contribution in [3.05, 3.63) is 95.9 Å². The number of pyridine rings is 1. The maximum absolute atomic E-state index is 14.5. The second kappa shape index (κ2) is 11.3. The molecule has 4 aromatic rings. The van der Waals surface area contributed by atoms with Gasteiger partial charge in [-0.3, -0.25) is 9.99 Å². The number of benzene rings is 2. The second-order valence-electron chi connectivity index (χ2n) is 7.61. The number of para-hydroxylation sites is 1. The molecule has 0 spiro atoms. The molecule has 35 heavy (non-hydrogen) atoms. The van der Waals surface area contributed by atoms with Crippen LogP contribution in [0.3, 0.4) is 0 Å². The molecule has 2 heterocycles. The number of nitrogens with zero attached hydrogens (tertiary/aromatic N) is 4. The summed E-state index contributed by atoms with van der Waals surface area (Å²) < 4.78 is 25.0. The number of rotatable bonds is 10. The standard InChI is InChI=1S/C25H26FN7O2/c1-34-15-14-30-16-17-6-8-19(9-7-17)24-31-25(35-32-24)22(27)23(18-10-12-29-13-11-18)33(28)21-5-3-2-4-20(21)26/h2-13,30H,14-16,27-28H2,1H3/b23-22-. The average Bonchev–Trinajstić information content (AvgIpc) is 3.38. The Bertz CT molecular complexity index is 1280. The van der Waals surface area contributed by atoms with Crippen LogP contribution < -0.4 is 21.9 Å². The van der Waals surface area contributed by atoms with E-state index in [1.165, 1.54) is 6.07 Å². The Morgan fingerprint density at radius 3 is 2.54 bits per heavy atom. The zero-order valence-corrected chi connectivity index (χ0v) is 19.2. The van der Waals surface area contributed by atoms with Gasteiger partial charge in [0.2, 0.25) is 5.82 Å². The van der Waals surface area contributed by atoms with E-state index < -0.39 is 5.82 Å². The van der Waals surface area contributed by atoms with Crippen LogP contribution in [0.25, 0.3) is 22.8 Å². The van der Waals surface area contributed by atoms with Gasteiger partial charge in [0.15, 0.2) is 0 Å². The van der Waals surface area contributed by atoms with Crippen LogP contribution in [-0.4, -0.2) is 35.4 Å². The summed E-state index contributed by atoms with van der Waals surface area (Å²) in [4.78, 5) is 8.49. The molecule has 0 saturated carbocycles. The van der Waals surface area contributed by atoms with Crippen molar-refractivity contribution < 1.29 is 13.7 Å². The molecule has 10 heteroatoms. The fraction of sp³-hybridized carbons (Fsp3) is 0.160. The van der Waals surface area contributed by atoms with Gasteiger partial charge < -0.3 is 20.3 Å². The van der Waals surface area contributed by atoms with Gasteiger partial charge in [0, 0.05) is 43.7 Å². The summed E-state index contributed by atoms with van der Waals surface area (Å²) in [7, 11) is 1.67. The van der Waals surface area contributed by atoms with Crippen LogP contribution in [0.15, 0.2) is 77.6 Å². The molecule has 0 fully saturated rings. The van der Waals surface area contributed by atoms with E-state index in [2.05, 4.69) is 20.4 Å². The van der Waals surface area contributed by atoms with E-state index in [1.807, 2.05) is 24.3 Å². The maximum Gasteiger partial charge on any atom is 0.276 e. The SMILES string of the molecule is COCCNCc1ccc(-c2noc(/C(N)=C(\c3ccncc3)N(N)c3ccccc3F)n2)cc1.